The van der Waals surface area contributed by atoms with Crippen molar-refractivity contribution in [2.45, 2.75) is 51.0 Å². The molecule has 0 saturated heterocycles. The number of nitrogens with one attached hydrogen (secondary N) is 1. The fourth-order valence-corrected chi connectivity index (χ4v) is 2.40. The zero-order valence-electron chi connectivity index (χ0n) is 12.2. The lowest BCUT2D eigenvalue weighted by Gasteiger charge is -2.34. The molecule has 116 valence electrons. The van der Waals surface area contributed by atoms with Gasteiger partial charge in [0, 0.05) is 26.6 Å². The predicted octanol–water partition coefficient (Wildman–Crippen LogP) is 1.43. The largest absolute Gasteiger partial charge is 0.481 e. The highest BCUT2D eigenvalue weighted by Gasteiger charge is 2.28. The third-order valence-corrected chi connectivity index (χ3v) is 3.68. The van der Waals surface area contributed by atoms with Gasteiger partial charge in [-0.2, -0.15) is 0 Å². The molecule has 0 spiro atoms. The number of carboxylic acids is 1. The van der Waals surface area contributed by atoms with Crippen molar-refractivity contribution in [2.75, 3.05) is 20.1 Å². The van der Waals surface area contributed by atoms with Crippen molar-refractivity contribution in [2.24, 2.45) is 5.92 Å². The van der Waals surface area contributed by atoms with Crippen LogP contribution >= 0.6 is 0 Å². The number of aliphatic hydroxyl groups is 1. The third-order valence-electron chi connectivity index (χ3n) is 3.68. The van der Waals surface area contributed by atoms with Crippen LogP contribution in [0.15, 0.2) is 0 Å². The molecule has 3 N–H and O–H groups in total. The second-order valence-electron chi connectivity index (χ2n) is 5.66. The molecular weight excluding hydrogens is 260 g/mol. The number of amides is 2. The monoisotopic (exact) mass is 286 g/mol. The Labute approximate surface area is 120 Å². The molecule has 0 bridgehead atoms. The maximum Gasteiger partial charge on any atom is 0.317 e. The first-order valence-electron chi connectivity index (χ1n) is 7.38. The molecule has 0 radical (unpaired) electrons. The van der Waals surface area contributed by atoms with Gasteiger partial charge in [0.05, 0.1) is 6.10 Å². The van der Waals surface area contributed by atoms with Gasteiger partial charge in [0.15, 0.2) is 0 Å². The molecule has 6 nitrogen and oxygen atoms in total. The topological polar surface area (TPSA) is 89.9 Å². The molecule has 0 aromatic carbocycles. The SMILES string of the molecule is CN(CC1CC(O)C1)C(=O)NCCCCCCC(=O)O. The van der Waals surface area contributed by atoms with E-state index < -0.39 is 5.97 Å². The molecule has 0 heterocycles. The van der Waals surface area contributed by atoms with Crippen molar-refractivity contribution in [3.05, 3.63) is 0 Å². The first-order chi connectivity index (χ1) is 9.49. The Morgan fingerprint density at radius 1 is 1.20 bits per heavy atom. The van der Waals surface area contributed by atoms with Gasteiger partial charge < -0.3 is 20.4 Å². The summed E-state index contributed by atoms with van der Waals surface area (Å²) in [6.07, 6.45) is 5.03. The Hall–Kier alpha value is -1.30. The van der Waals surface area contributed by atoms with Gasteiger partial charge >= 0.3 is 12.0 Å². The van der Waals surface area contributed by atoms with Crippen LogP contribution in [0, 0.1) is 5.92 Å². The van der Waals surface area contributed by atoms with Gasteiger partial charge in [-0.3, -0.25) is 4.79 Å². The summed E-state index contributed by atoms with van der Waals surface area (Å²) in [5.41, 5.74) is 0. The summed E-state index contributed by atoms with van der Waals surface area (Å²) in [6.45, 7) is 1.32. The number of nitrogens with zero attached hydrogens (tertiary/aromatic N) is 1. The van der Waals surface area contributed by atoms with Gasteiger partial charge in [0.25, 0.3) is 0 Å². The van der Waals surface area contributed by atoms with E-state index in [1.54, 1.807) is 11.9 Å². The molecule has 2 amide bonds. The summed E-state index contributed by atoms with van der Waals surface area (Å²) in [5.74, 6) is -0.321. The summed E-state index contributed by atoms with van der Waals surface area (Å²) in [4.78, 5) is 23.7. The molecule has 0 aromatic rings. The van der Waals surface area contributed by atoms with Crippen LogP contribution in [0.4, 0.5) is 4.79 Å². The van der Waals surface area contributed by atoms with E-state index in [4.69, 9.17) is 5.11 Å². The predicted molar refractivity (Wildman–Crippen MR) is 75.5 cm³/mol. The smallest absolute Gasteiger partial charge is 0.317 e. The second kappa shape index (κ2) is 8.79. The number of carbonyl (C=O) groups is 2. The van der Waals surface area contributed by atoms with Crippen molar-refractivity contribution < 1.29 is 19.8 Å². The number of rotatable bonds is 9. The van der Waals surface area contributed by atoms with E-state index in [1.165, 1.54) is 0 Å². The van der Waals surface area contributed by atoms with Crippen LogP contribution in [0.25, 0.3) is 0 Å². The highest BCUT2D eigenvalue weighted by Crippen LogP contribution is 2.27. The lowest BCUT2D eigenvalue weighted by Crippen LogP contribution is -2.43. The van der Waals surface area contributed by atoms with Crippen molar-refractivity contribution >= 4 is 12.0 Å². The fraction of sp³-hybridized carbons (Fsp3) is 0.857. The van der Waals surface area contributed by atoms with Crippen LogP contribution in [-0.4, -0.2) is 53.4 Å². The van der Waals surface area contributed by atoms with Gasteiger partial charge in [-0.1, -0.05) is 12.8 Å². The molecule has 0 aromatic heterocycles. The van der Waals surface area contributed by atoms with Crippen LogP contribution < -0.4 is 5.32 Å². The number of carbonyl (C=O) groups excluding carboxylic acids is 1. The van der Waals surface area contributed by atoms with E-state index in [0.29, 0.717) is 25.4 Å². The molecule has 1 aliphatic rings. The number of aliphatic hydroxyl groups excluding tert-OH is 1. The average Bonchev–Trinajstić information content (AvgIpc) is 2.35. The van der Waals surface area contributed by atoms with E-state index in [9.17, 15) is 14.7 Å². The van der Waals surface area contributed by atoms with Gasteiger partial charge in [-0.05, 0) is 31.6 Å². The fourth-order valence-electron chi connectivity index (χ4n) is 2.40. The Bertz CT molecular complexity index is 316. The zero-order valence-corrected chi connectivity index (χ0v) is 12.2. The standard InChI is InChI=1S/C14H26N2O4/c1-16(10-11-8-12(17)9-11)14(20)15-7-5-3-2-4-6-13(18)19/h11-12,17H,2-10H2,1H3,(H,15,20)(H,18,19). The first-order valence-corrected chi connectivity index (χ1v) is 7.38. The quantitative estimate of drug-likeness (QED) is 0.559. The maximum absolute atomic E-state index is 11.8. The molecule has 1 aliphatic carbocycles. The minimum absolute atomic E-state index is 0.0723. The van der Waals surface area contributed by atoms with Crippen LogP contribution in [0.3, 0.4) is 0 Å². The second-order valence-corrected chi connectivity index (χ2v) is 5.66. The third kappa shape index (κ3) is 6.75. The summed E-state index contributed by atoms with van der Waals surface area (Å²) < 4.78 is 0. The molecule has 0 unspecified atom stereocenters. The van der Waals surface area contributed by atoms with Gasteiger partial charge in [-0.15, -0.1) is 0 Å². The Kier molecular flexibility index (Phi) is 7.36. The number of carboxylic acid groups (broad SMARTS) is 1. The molecule has 1 saturated carbocycles. The summed E-state index contributed by atoms with van der Waals surface area (Å²) in [6, 6.07) is -0.0723. The summed E-state index contributed by atoms with van der Waals surface area (Å²) in [7, 11) is 1.77. The minimum Gasteiger partial charge on any atom is -0.481 e. The maximum atomic E-state index is 11.8. The lowest BCUT2D eigenvalue weighted by molar-refractivity contribution is -0.137. The summed E-state index contributed by atoms with van der Waals surface area (Å²) in [5, 5.41) is 20.5. The van der Waals surface area contributed by atoms with Gasteiger partial charge in [0.1, 0.15) is 0 Å². The van der Waals surface area contributed by atoms with E-state index in [0.717, 1.165) is 32.1 Å². The number of aliphatic carboxylic acids is 1. The lowest BCUT2D eigenvalue weighted by atomic mass is 9.82. The molecule has 1 fully saturated rings. The molecule has 1 rings (SSSR count). The molecule has 20 heavy (non-hydrogen) atoms. The van der Waals surface area contributed by atoms with Crippen LogP contribution in [0.2, 0.25) is 0 Å². The Morgan fingerprint density at radius 2 is 1.85 bits per heavy atom. The highest BCUT2D eigenvalue weighted by atomic mass is 16.4. The minimum atomic E-state index is -0.749. The Balaban J connectivity index is 1.95. The van der Waals surface area contributed by atoms with Crippen LogP contribution in [0.1, 0.15) is 44.9 Å². The van der Waals surface area contributed by atoms with E-state index in [-0.39, 0.29) is 18.6 Å². The number of hydrogen-bond acceptors (Lipinski definition) is 3. The van der Waals surface area contributed by atoms with E-state index in [2.05, 4.69) is 5.32 Å². The van der Waals surface area contributed by atoms with Crippen molar-refractivity contribution in [3.63, 3.8) is 0 Å². The number of unbranched alkanes of at least 4 members (excludes halogenated alkanes) is 3. The van der Waals surface area contributed by atoms with Crippen molar-refractivity contribution in [1.82, 2.24) is 10.2 Å². The highest BCUT2D eigenvalue weighted by molar-refractivity contribution is 5.73. The normalized spacial score (nSPS) is 21.1. The van der Waals surface area contributed by atoms with Gasteiger partial charge in [-0.25, -0.2) is 4.79 Å². The summed E-state index contributed by atoms with van der Waals surface area (Å²) >= 11 is 0. The van der Waals surface area contributed by atoms with Crippen LogP contribution in [0.5, 0.6) is 0 Å². The zero-order chi connectivity index (χ0) is 15.0. The average molecular weight is 286 g/mol. The molecule has 6 heteroatoms. The molecular formula is C14H26N2O4. The van der Waals surface area contributed by atoms with Crippen molar-refractivity contribution in [3.8, 4) is 0 Å². The first kappa shape index (κ1) is 16.8. The molecule has 0 atom stereocenters. The number of hydrogen-bond donors (Lipinski definition) is 3. The van der Waals surface area contributed by atoms with E-state index in [1.807, 2.05) is 0 Å². The number of urea groups is 1. The molecule has 0 aliphatic heterocycles. The van der Waals surface area contributed by atoms with Gasteiger partial charge in [0.2, 0.25) is 0 Å². The van der Waals surface area contributed by atoms with Crippen LogP contribution in [-0.2, 0) is 4.79 Å². The van der Waals surface area contributed by atoms with Crippen molar-refractivity contribution in [1.29, 1.82) is 0 Å². The Morgan fingerprint density at radius 3 is 2.45 bits per heavy atom. The van der Waals surface area contributed by atoms with E-state index >= 15 is 0 Å².